The zero-order valence-corrected chi connectivity index (χ0v) is 13.6. The van der Waals surface area contributed by atoms with E-state index in [9.17, 15) is 4.79 Å². The second-order valence-electron chi connectivity index (χ2n) is 4.12. The van der Waals surface area contributed by atoms with Crippen molar-refractivity contribution in [2.45, 2.75) is 25.8 Å². The van der Waals surface area contributed by atoms with Crippen LogP contribution in [0.2, 0.25) is 0 Å². The average Bonchev–Trinajstić information content (AvgIpc) is 2.37. The molecule has 0 saturated carbocycles. The summed E-state index contributed by atoms with van der Waals surface area (Å²) in [6, 6.07) is 0.268. The number of guanidine groups is 1. The second-order valence-corrected chi connectivity index (χ2v) is 4.12. The van der Waals surface area contributed by atoms with E-state index in [-0.39, 0.29) is 36.1 Å². The summed E-state index contributed by atoms with van der Waals surface area (Å²) in [5.41, 5.74) is 5.72. The first-order valence-corrected chi connectivity index (χ1v) is 6.26. The molecule has 0 aromatic rings. The van der Waals surface area contributed by atoms with Gasteiger partial charge in [-0.15, -0.1) is 30.6 Å². The van der Waals surface area contributed by atoms with Gasteiger partial charge in [-0.1, -0.05) is 6.08 Å². The Morgan fingerprint density at radius 3 is 2.74 bits per heavy atom. The summed E-state index contributed by atoms with van der Waals surface area (Å²) in [6.07, 6.45) is 3.16. The minimum absolute atomic E-state index is 0. The molecule has 1 rings (SSSR count). The summed E-state index contributed by atoms with van der Waals surface area (Å²) in [4.78, 5) is 17.3. The molecule has 0 aromatic carbocycles. The Hall–Kier alpha value is -0.990. The Balaban J connectivity index is 0.00000324. The molecule has 1 saturated heterocycles. The third-order valence-corrected chi connectivity index (χ3v) is 2.76. The Bertz CT molecular complexity index is 315. The normalized spacial score (nSPS) is 16.5. The predicted octanol–water partition coefficient (Wildman–Crippen LogP) is 1.32. The summed E-state index contributed by atoms with van der Waals surface area (Å²) in [6.45, 7) is 7.69. The van der Waals surface area contributed by atoms with Gasteiger partial charge in [0.1, 0.15) is 0 Å². The molecule has 1 amide bonds. The highest BCUT2D eigenvalue weighted by Gasteiger charge is 2.23. The third-order valence-electron chi connectivity index (χ3n) is 2.76. The Kier molecular flexibility index (Phi) is 9.36. The van der Waals surface area contributed by atoms with Crippen molar-refractivity contribution in [1.29, 1.82) is 0 Å². The first kappa shape index (κ1) is 18.0. The van der Waals surface area contributed by atoms with E-state index >= 15 is 0 Å². The maximum atomic E-state index is 11.5. The molecular formula is C12H23IN4O2. The molecule has 0 unspecified atom stereocenters. The molecule has 0 bridgehead atoms. The van der Waals surface area contributed by atoms with Gasteiger partial charge in [-0.3, -0.25) is 0 Å². The van der Waals surface area contributed by atoms with E-state index in [1.54, 1.807) is 11.0 Å². The molecule has 0 aromatic heterocycles. The number of carbonyl (C=O) groups is 1. The van der Waals surface area contributed by atoms with Gasteiger partial charge in [-0.05, 0) is 19.8 Å². The van der Waals surface area contributed by atoms with Gasteiger partial charge in [0.15, 0.2) is 5.96 Å². The highest BCUT2D eigenvalue weighted by molar-refractivity contribution is 14.0. The van der Waals surface area contributed by atoms with Crippen molar-refractivity contribution in [3.63, 3.8) is 0 Å². The number of hydrogen-bond donors (Lipinski definition) is 2. The molecule has 1 aliphatic rings. The summed E-state index contributed by atoms with van der Waals surface area (Å²) in [5.74, 6) is 0.435. The molecule has 110 valence electrons. The predicted molar refractivity (Wildman–Crippen MR) is 86.9 cm³/mol. The number of carbonyl (C=O) groups excluding carboxylic acids is 1. The fourth-order valence-corrected chi connectivity index (χ4v) is 1.84. The lowest BCUT2D eigenvalue weighted by Gasteiger charge is -2.31. The summed E-state index contributed by atoms with van der Waals surface area (Å²) in [5, 5.41) is 3.15. The van der Waals surface area contributed by atoms with Gasteiger partial charge >= 0.3 is 6.09 Å². The van der Waals surface area contributed by atoms with Crippen LogP contribution in [0.5, 0.6) is 0 Å². The SMILES string of the molecule is C=CCN=C(N)NC1CCN(C(=O)OCC)CC1.I. The third kappa shape index (κ3) is 6.65. The van der Waals surface area contributed by atoms with Gasteiger partial charge in [-0.2, -0.15) is 0 Å². The molecule has 7 heteroatoms. The van der Waals surface area contributed by atoms with Gasteiger partial charge in [0.05, 0.1) is 13.2 Å². The second kappa shape index (κ2) is 9.88. The molecule has 0 spiro atoms. The average molecular weight is 382 g/mol. The minimum atomic E-state index is -0.232. The first-order chi connectivity index (χ1) is 8.67. The maximum absolute atomic E-state index is 11.5. The van der Waals surface area contributed by atoms with Gasteiger partial charge < -0.3 is 20.7 Å². The standard InChI is InChI=1S/C12H22N4O2.HI/c1-3-7-14-11(13)15-10-5-8-16(9-6-10)12(17)18-4-2;/h3,10H,1,4-9H2,2H3,(H3,13,14,15);1H. The lowest BCUT2D eigenvalue weighted by molar-refractivity contribution is 0.0963. The maximum Gasteiger partial charge on any atom is 0.409 e. The van der Waals surface area contributed by atoms with Crippen LogP contribution in [-0.4, -0.2) is 49.2 Å². The number of halogens is 1. The van der Waals surface area contributed by atoms with Crippen LogP contribution >= 0.6 is 24.0 Å². The van der Waals surface area contributed by atoms with E-state index in [4.69, 9.17) is 10.5 Å². The number of nitrogens with zero attached hydrogens (tertiary/aromatic N) is 2. The van der Waals surface area contributed by atoms with Crippen molar-refractivity contribution >= 4 is 36.0 Å². The van der Waals surface area contributed by atoms with Gasteiger partial charge in [0, 0.05) is 19.1 Å². The molecular weight excluding hydrogens is 359 g/mol. The van der Waals surface area contributed by atoms with E-state index in [2.05, 4.69) is 16.9 Å². The highest BCUT2D eigenvalue weighted by atomic mass is 127. The summed E-state index contributed by atoms with van der Waals surface area (Å²) >= 11 is 0. The molecule has 1 aliphatic heterocycles. The van der Waals surface area contributed by atoms with Crippen LogP contribution in [0.1, 0.15) is 19.8 Å². The van der Waals surface area contributed by atoms with Crippen molar-refractivity contribution in [2.24, 2.45) is 10.7 Å². The topological polar surface area (TPSA) is 80.0 Å². The van der Waals surface area contributed by atoms with Crippen molar-refractivity contribution in [1.82, 2.24) is 10.2 Å². The number of nitrogens with two attached hydrogens (primary N) is 1. The Labute approximate surface area is 131 Å². The molecule has 0 aliphatic carbocycles. The smallest absolute Gasteiger partial charge is 0.409 e. The van der Waals surface area contributed by atoms with Crippen molar-refractivity contribution in [3.05, 3.63) is 12.7 Å². The molecule has 3 N–H and O–H groups in total. The monoisotopic (exact) mass is 382 g/mol. The quantitative estimate of drug-likeness (QED) is 0.333. The molecule has 19 heavy (non-hydrogen) atoms. The number of amides is 1. The highest BCUT2D eigenvalue weighted by Crippen LogP contribution is 2.11. The Morgan fingerprint density at radius 2 is 2.21 bits per heavy atom. The van der Waals surface area contributed by atoms with Crippen molar-refractivity contribution in [3.8, 4) is 0 Å². The number of piperidine rings is 1. The van der Waals surface area contributed by atoms with E-state index < -0.39 is 0 Å². The summed E-state index contributed by atoms with van der Waals surface area (Å²) in [7, 11) is 0. The Morgan fingerprint density at radius 1 is 1.58 bits per heavy atom. The van der Waals surface area contributed by atoms with Crippen LogP contribution in [-0.2, 0) is 4.74 Å². The lowest BCUT2D eigenvalue weighted by atomic mass is 10.1. The number of aliphatic imine (C=N–C) groups is 1. The fraction of sp³-hybridized carbons (Fsp3) is 0.667. The number of nitrogens with one attached hydrogen (secondary N) is 1. The van der Waals surface area contributed by atoms with Crippen LogP contribution in [0.3, 0.4) is 0 Å². The number of hydrogen-bond acceptors (Lipinski definition) is 3. The van der Waals surface area contributed by atoms with Gasteiger partial charge in [0.2, 0.25) is 0 Å². The van der Waals surface area contributed by atoms with Gasteiger partial charge in [0.25, 0.3) is 0 Å². The van der Waals surface area contributed by atoms with Crippen molar-refractivity contribution < 1.29 is 9.53 Å². The first-order valence-electron chi connectivity index (χ1n) is 6.26. The number of rotatable bonds is 4. The summed E-state index contributed by atoms with van der Waals surface area (Å²) < 4.78 is 4.96. The molecule has 1 heterocycles. The molecule has 0 atom stereocenters. The molecule has 1 fully saturated rings. The van der Waals surface area contributed by atoms with Crippen LogP contribution < -0.4 is 11.1 Å². The van der Waals surface area contributed by atoms with Crippen LogP contribution in [0.15, 0.2) is 17.6 Å². The lowest BCUT2D eigenvalue weighted by Crippen LogP contribution is -2.48. The molecule has 6 nitrogen and oxygen atoms in total. The zero-order valence-electron chi connectivity index (χ0n) is 11.3. The number of likely N-dealkylation sites (tertiary alicyclic amines) is 1. The van der Waals surface area contributed by atoms with Crippen LogP contribution in [0.4, 0.5) is 4.79 Å². The van der Waals surface area contributed by atoms with Crippen LogP contribution in [0.25, 0.3) is 0 Å². The van der Waals surface area contributed by atoms with E-state index in [1.807, 2.05) is 6.92 Å². The van der Waals surface area contributed by atoms with Crippen molar-refractivity contribution in [2.75, 3.05) is 26.2 Å². The molecule has 0 radical (unpaired) electrons. The van der Waals surface area contributed by atoms with Gasteiger partial charge in [-0.25, -0.2) is 9.79 Å². The van der Waals surface area contributed by atoms with Crippen LogP contribution in [0, 0.1) is 0 Å². The number of ether oxygens (including phenoxy) is 1. The van der Waals surface area contributed by atoms with E-state index in [1.165, 1.54) is 0 Å². The zero-order chi connectivity index (χ0) is 13.4. The minimum Gasteiger partial charge on any atom is -0.450 e. The fourth-order valence-electron chi connectivity index (χ4n) is 1.84. The van der Waals surface area contributed by atoms with E-state index in [0.29, 0.717) is 32.2 Å². The largest absolute Gasteiger partial charge is 0.450 e. The van der Waals surface area contributed by atoms with E-state index in [0.717, 1.165) is 12.8 Å².